The first-order chi connectivity index (χ1) is 11.2. The van der Waals surface area contributed by atoms with Crippen molar-refractivity contribution < 1.29 is 13.5 Å². The van der Waals surface area contributed by atoms with Crippen LogP contribution in [0.3, 0.4) is 0 Å². The third-order valence-corrected chi connectivity index (χ3v) is 5.46. The van der Waals surface area contributed by atoms with Gasteiger partial charge in [0.05, 0.1) is 0 Å². The molecule has 2 nitrogen and oxygen atoms in total. The highest BCUT2D eigenvalue weighted by Gasteiger charge is 2.24. The van der Waals surface area contributed by atoms with Crippen LogP contribution in [0.1, 0.15) is 56.4 Å². The molecule has 23 heavy (non-hydrogen) atoms. The summed E-state index contributed by atoms with van der Waals surface area (Å²) < 4.78 is 32.3. The topological polar surface area (TPSA) is 21.3 Å². The van der Waals surface area contributed by atoms with Gasteiger partial charge in [-0.3, -0.25) is 0 Å². The summed E-state index contributed by atoms with van der Waals surface area (Å²) in [6.07, 6.45) is 7.78. The van der Waals surface area contributed by atoms with E-state index in [1.165, 1.54) is 12.5 Å². The van der Waals surface area contributed by atoms with Crippen LogP contribution < -0.4 is 5.32 Å². The van der Waals surface area contributed by atoms with E-state index in [4.69, 9.17) is 4.74 Å². The van der Waals surface area contributed by atoms with Crippen molar-refractivity contribution in [3.05, 3.63) is 35.4 Å². The van der Waals surface area contributed by atoms with E-state index in [9.17, 15) is 8.78 Å². The smallest absolute Gasteiger partial charge is 0.129 e. The Labute approximate surface area is 137 Å². The number of hydrogen-bond acceptors (Lipinski definition) is 2. The van der Waals surface area contributed by atoms with Crippen molar-refractivity contribution in [2.24, 2.45) is 5.92 Å². The van der Waals surface area contributed by atoms with Gasteiger partial charge in [0.25, 0.3) is 0 Å². The standard InChI is InChI=1S/C19H27F2NO/c20-16-5-6-18(19(21)13-16)15-3-1-14(2-4-15)7-10-22-17-8-11-23-12-9-17/h5-6,13-15,17,22H,1-4,7-12H2/t14-,15+. The summed E-state index contributed by atoms with van der Waals surface area (Å²) in [7, 11) is 0. The molecule has 0 radical (unpaired) electrons. The second-order valence-corrected chi connectivity index (χ2v) is 7.01. The van der Waals surface area contributed by atoms with Gasteiger partial charge in [-0.2, -0.15) is 0 Å². The SMILES string of the molecule is Fc1ccc([C@H]2CC[C@@H](CCNC3CCOCC3)CC2)c(F)c1. The highest BCUT2D eigenvalue weighted by atomic mass is 19.1. The number of nitrogens with one attached hydrogen (secondary N) is 1. The number of halogens is 2. The van der Waals surface area contributed by atoms with E-state index in [1.54, 1.807) is 6.07 Å². The molecule has 1 aliphatic heterocycles. The van der Waals surface area contributed by atoms with Gasteiger partial charge < -0.3 is 10.1 Å². The molecule has 0 amide bonds. The average Bonchev–Trinajstić information content (AvgIpc) is 2.57. The van der Waals surface area contributed by atoms with Gasteiger partial charge in [0.15, 0.2) is 0 Å². The largest absolute Gasteiger partial charge is 0.381 e. The third-order valence-electron chi connectivity index (χ3n) is 5.46. The van der Waals surface area contributed by atoms with Crippen LogP contribution in [-0.4, -0.2) is 25.8 Å². The maximum absolute atomic E-state index is 13.9. The molecule has 1 aromatic rings. The van der Waals surface area contributed by atoms with Crippen molar-refractivity contribution in [1.82, 2.24) is 5.32 Å². The van der Waals surface area contributed by atoms with Crippen molar-refractivity contribution >= 4 is 0 Å². The van der Waals surface area contributed by atoms with Crippen molar-refractivity contribution in [3.63, 3.8) is 0 Å². The zero-order valence-electron chi connectivity index (χ0n) is 13.7. The zero-order chi connectivity index (χ0) is 16.1. The molecule has 0 aromatic heterocycles. The zero-order valence-corrected chi connectivity index (χ0v) is 13.7. The van der Waals surface area contributed by atoms with Crippen LogP contribution >= 0.6 is 0 Å². The highest BCUT2D eigenvalue weighted by Crippen LogP contribution is 2.37. The molecule has 1 N–H and O–H groups in total. The summed E-state index contributed by atoms with van der Waals surface area (Å²) in [6.45, 7) is 2.84. The lowest BCUT2D eigenvalue weighted by Crippen LogP contribution is -2.36. The van der Waals surface area contributed by atoms with Crippen molar-refractivity contribution in [1.29, 1.82) is 0 Å². The van der Waals surface area contributed by atoms with Crippen LogP contribution in [0.4, 0.5) is 8.78 Å². The Morgan fingerprint density at radius 2 is 1.74 bits per heavy atom. The van der Waals surface area contributed by atoms with Gasteiger partial charge in [-0.25, -0.2) is 8.78 Å². The van der Waals surface area contributed by atoms with Gasteiger partial charge >= 0.3 is 0 Å². The minimum Gasteiger partial charge on any atom is -0.381 e. The van der Waals surface area contributed by atoms with Crippen molar-refractivity contribution in [2.75, 3.05) is 19.8 Å². The Morgan fingerprint density at radius 3 is 2.43 bits per heavy atom. The van der Waals surface area contributed by atoms with Crippen LogP contribution in [0.2, 0.25) is 0 Å². The molecule has 1 heterocycles. The summed E-state index contributed by atoms with van der Waals surface area (Å²) in [4.78, 5) is 0. The van der Waals surface area contributed by atoms with Crippen LogP contribution in [0.15, 0.2) is 18.2 Å². The maximum atomic E-state index is 13.9. The molecule has 1 aromatic carbocycles. The number of benzene rings is 1. The molecule has 0 atom stereocenters. The summed E-state index contributed by atoms with van der Waals surface area (Å²) in [5, 5.41) is 3.65. The molecule has 128 valence electrons. The van der Waals surface area contributed by atoms with Crippen LogP contribution in [0.25, 0.3) is 0 Å². The van der Waals surface area contributed by atoms with Gasteiger partial charge in [0.1, 0.15) is 11.6 Å². The van der Waals surface area contributed by atoms with E-state index >= 15 is 0 Å². The Kier molecular flexibility index (Phi) is 6.01. The van der Waals surface area contributed by atoms with E-state index in [0.29, 0.717) is 11.6 Å². The fourth-order valence-corrected chi connectivity index (χ4v) is 3.99. The van der Waals surface area contributed by atoms with Crippen LogP contribution in [0, 0.1) is 17.6 Å². The molecule has 3 rings (SSSR count). The van der Waals surface area contributed by atoms with Crippen molar-refractivity contribution in [3.8, 4) is 0 Å². The summed E-state index contributed by atoms with van der Waals surface area (Å²) in [6, 6.07) is 4.64. The van der Waals surface area contributed by atoms with Crippen LogP contribution in [-0.2, 0) is 4.74 Å². The summed E-state index contributed by atoms with van der Waals surface area (Å²) in [5.74, 6) is 0.131. The molecule has 0 spiro atoms. The minimum atomic E-state index is -0.487. The normalized spacial score (nSPS) is 26.3. The number of ether oxygens (including phenoxy) is 1. The van der Waals surface area contributed by atoms with Gasteiger partial charge in [0.2, 0.25) is 0 Å². The molecule has 4 heteroatoms. The molecule has 2 aliphatic rings. The molecular formula is C19H27F2NO. The second-order valence-electron chi connectivity index (χ2n) is 7.01. The van der Waals surface area contributed by atoms with Gasteiger partial charge in [-0.1, -0.05) is 6.07 Å². The summed E-state index contributed by atoms with van der Waals surface area (Å²) in [5.41, 5.74) is 0.699. The quantitative estimate of drug-likeness (QED) is 0.867. The van der Waals surface area contributed by atoms with Crippen LogP contribution in [0.5, 0.6) is 0 Å². The molecule has 0 unspecified atom stereocenters. The Balaban J connectivity index is 1.39. The molecule has 0 bridgehead atoms. The van der Waals surface area contributed by atoms with Crippen molar-refractivity contribution in [2.45, 2.75) is 56.9 Å². The minimum absolute atomic E-state index is 0.260. The lowest BCUT2D eigenvalue weighted by Gasteiger charge is -2.30. The lowest BCUT2D eigenvalue weighted by molar-refractivity contribution is 0.0775. The van der Waals surface area contributed by atoms with Gasteiger partial charge in [-0.05, 0) is 75.0 Å². The Hall–Kier alpha value is -1.00. The van der Waals surface area contributed by atoms with Gasteiger partial charge in [0, 0.05) is 25.3 Å². The fourth-order valence-electron chi connectivity index (χ4n) is 3.99. The lowest BCUT2D eigenvalue weighted by atomic mass is 9.77. The molecule has 1 saturated carbocycles. The monoisotopic (exact) mass is 323 g/mol. The Morgan fingerprint density at radius 1 is 1.00 bits per heavy atom. The van der Waals surface area contributed by atoms with E-state index in [1.807, 2.05) is 0 Å². The third kappa shape index (κ3) is 4.74. The van der Waals surface area contributed by atoms with E-state index in [-0.39, 0.29) is 11.7 Å². The predicted molar refractivity (Wildman–Crippen MR) is 87.5 cm³/mol. The van der Waals surface area contributed by atoms with E-state index in [0.717, 1.165) is 70.3 Å². The second kappa shape index (κ2) is 8.20. The first kappa shape index (κ1) is 16.8. The molecule has 1 saturated heterocycles. The first-order valence-corrected chi connectivity index (χ1v) is 8.98. The number of rotatable bonds is 5. The van der Waals surface area contributed by atoms with E-state index < -0.39 is 5.82 Å². The molecule has 1 aliphatic carbocycles. The highest BCUT2D eigenvalue weighted by molar-refractivity contribution is 5.23. The first-order valence-electron chi connectivity index (χ1n) is 8.98. The van der Waals surface area contributed by atoms with E-state index in [2.05, 4.69) is 5.32 Å². The Bertz CT molecular complexity index is 494. The predicted octanol–water partition coefficient (Wildman–Crippen LogP) is 4.40. The van der Waals surface area contributed by atoms with Gasteiger partial charge in [-0.15, -0.1) is 0 Å². The fraction of sp³-hybridized carbons (Fsp3) is 0.684. The average molecular weight is 323 g/mol. The maximum Gasteiger partial charge on any atom is 0.129 e. The molecule has 2 fully saturated rings. The number of hydrogen-bond donors (Lipinski definition) is 1. The summed E-state index contributed by atoms with van der Waals surface area (Å²) >= 11 is 0. The molecular weight excluding hydrogens is 296 g/mol.